The molecule has 1 saturated carbocycles. The minimum atomic E-state index is -0.920. The first-order valence-corrected chi connectivity index (χ1v) is 14.4. The van der Waals surface area contributed by atoms with Gasteiger partial charge in [0.2, 0.25) is 5.91 Å². The van der Waals surface area contributed by atoms with E-state index in [-0.39, 0.29) is 48.1 Å². The summed E-state index contributed by atoms with van der Waals surface area (Å²) in [5.41, 5.74) is 12.6. The fraction of sp³-hybridized carbons (Fsp3) is 0.923. The number of hydrogen-bond acceptors (Lipinski definition) is 8. The first kappa shape index (κ1) is 27.1. The summed E-state index contributed by atoms with van der Waals surface area (Å²) in [4.78, 5) is 30.0. The van der Waals surface area contributed by atoms with Crippen molar-refractivity contribution in [1.29, 1.82) is 0 Å². The summed E-state index contributed by atoms with van der Waals surface area (Å²) in [6.45, 7) is 4.34. The number of piperidine rings is 1. The maximum atomic E-state index is 14.7. The molecule has 5 rings (SSSR count). The number of carbonyl (C=O) groups is 2. The van der Waals surface area contributed by atoms with Gasteiger partial charge in [-0.3, -0.25) is 14.6 Å². The molecule has 7 N–H and O–H groups in total. The average Bonchev–Trinajstić information content (AvgIpc) is 3.26. The normalized spacial score (nSPS) is 35.9. The molecule has 6 unspecified atom stereocenters. The smallest absolute Gasteiger partial charge is 0.410 e. The van der Waals surface area contributed by atoms with E-state index >= 15 is 0 Å². The summed E-state index contributed by atoms with van der Waals surface area (Å²) >= 11 is 0. The van der Waals surface area contributed by atoms with Crippen molar-refractivity contribution in [2.24, 2.45) is 22.8 Å². The molecule has 5 aliphatic rings. The van der Waals surface area contributed by atoms with Gasteiger partial charge in [0, 0.05) is 44.8 Å². The van der Waals surface area contributed by atoms with Gasteiger partial charge >= 0.3 is 6.09 Å². The van der Waals surface area contributed by atoms with Gasteiger partial charge < -0.3 is 32.2 Å². The third-order valence-corrected chi connectivity index (χ3v) is 9.70. The van der Waals surface area contributed by atoms with Gasteiger partial charge in [-0.1, -0.05) is 19.3 Å². The lowest BCUT2D eigenvalue weighted by Crippen LogP contribution is -2.66. The van der Waals surface area contributed by atoms with Crippen LogP contribution in [0.2, 0.25) is 0 Å². The second-order valence-electron chi connectivity index (χ2n) is 12.1. The van der Waals surface area contributed by atoms with E-state index in [0.717, 1.165) is 64.6 Å². The Morgan fingerprint density at radius 2 is 1.95 bits per heavy atom. The Hall–Kier alpha value is -1.53. The van der Waals surface area contributed by atoms with Gasteiger partial charge in [0.05, 0.1) is 24.2 Å². The minimum Gasteiger partial charge on any atom is -0.447 e. The van der Waals surface area contributed by atoms with Crippen molar-refractivity contribution in [3.8, 4) is 0 Å². The number of nitrogens with two attached hydrogens (primary N) is 2. The zero-order chi connectivity index (χ0) is 26.0. The Labute approximate surface area is 219 Å². The molecule has 2 amide bonds. The predicted octanol–water partition coefficient (Wildman–Crippen LogP) is 0.260. The van der Waals surface area contributed by atoms with Crippen molar-refractivity contribution in [2.45, 2.75) is 94.3 Å². The standard InChI is InChI=1S/C26H46FN7O3/c27-17-4-8-26(6-2-1-3-7-26)12-19(31-13-17)22(23(28)29)24(35)32-20-14-30-9-5-21(20)33-10-11-34-18(15-33)16-37-25(34)36/h17-23,30-31H,1-16,28-29H2,(H,32,35). The summed E-state index contributed by atoms with van der Waals surface area (Å²) in [6.07, 6.45) is 6.90. The molecule has 4 heterocycles. The lowest BCUT2D eigenvalue weighted by molar-refractivity contribution is -0.128. The second-order valence-corrected chi connectivity index (χ2v) is 12.1. The Kier molecular flexibility index (Phi) is 8.55. The van der Waals surface area contributed by atoms with Gasteiger partial charge in [0.1, 0.15) is 12.8 Å². The Balaban J connectivity index is 1.28. The van der Waals surface area contributed by atoms with E-state index in [1.807, 2.05) is 4.90 Å². The fourth-order valence-electron chi connectivity index (χ4n) is 7.64. The summed E-state index contributed by atoms with van der Waals surface area (Å²) in [7, 11) is 0. The molecule has 0 aromatic rings. The molecule has 1 aliphatic carbocycles. The van der Waals surface area contributed by atoms with Crippen LogP contribution >= 0.6 is 0 Å². The van der Waals surface area contributed by atoms with Crippen LogP contribution in [-0.4, -0.2) is 104 Å². The lowest BCUT2D eigenvalue weighted by atomic mass is 9.65. The van der Waals surface area contributed by atoms with Crippen LogP contribution in [0.25, 0.3) is 0 Å². The number of rotatable bonds is 5. The molecule has 4 saturated heterocycles. The summed E-state index contributed by atoms with van der Waals surface area (Å²) in [5.74, 6) is -0.782. The zero-order valence-electron chi connectivity index (χ0n) is 22.0. The zero-order valence-corrected chi connectivity index (χ0v) is 22.0. The number of carbonyl (C=O) groups excluding carboxylic acids is 2. The summed E-state index contributed by atoms with van der Waals surface area (Å²) in [6, 6.07) is -0.130. The molecular weight excluding hydrogens is 477 g/mol. The molecule has 11 heteroatoms. The highest BCUT2D eigenvalue weighted by atomic mass is 19.1. The number of fused-ring (bicyclic) bond motifs is 1. The van der Waals surface area contributed by atoms with Crippen LogP contribution in [0.15, 0.2) is 0 Å². The van der Waals surface area contributed by atoms with E-state index in [1.54, 1.807) is 0 Å². The van der Waals surface area contributed by atoms with Gasteiger partial charge in [0.25, 0.3) is 0 Å². The molecule has 0 aromatic heterocycles. The SMILES string of the molecule is NC(N)C(C(=O)NC1CNCCC1N1CCN2C(=O)OCC2C1)C1CC2(CCCCC2)CCC(F)CN1. The van der Waals surface area contributed by atoms with Crippen LogP contribution < -0.4 is 27.4 Å². The van der Waals surface area contributed by atoms with E-state index in [4.69, 9.17) is 16.2 Å². The van der Waals surface area contributed by atoms with Crippen LogP contribution in [0.3, 0.4) is 0 Å². The van der Waals surface area contributed by atoms with Gasteiger partial charge in [-0.05, 0) is 50.5 Å². The Morgan fingerprint density at radius 3 is 2.73 bits per heavy atom. The highest BCUT2D eigenvalue weighted by Crippen LogP contribution is 2.46. The number of amides is 2. The van der Waals surface area contributed by atoms with E-state index < -0.39 is 18.3 Å². The first-order valence-electron chi connectivity index (χ1n) is 14.4. The van der Waals surface area contributed by atoms with Crippen LogP contribution in [-0.2, 0) is 9.53 Å². The van der Waals surface area contributed by atoms with E-state index in [2.05, 4.69) is 20.9 Å². The van der Waals surface area contributed by atoms with Crippen molar-refractivity contribution < 1.29 is 18.7 Å². The third kappa shape index (κ3) is 6.06. The molecule has 1 spiro atoms. The van der Waals surface area contributed by atoms with Crippen LogP contribution in [0.1, 0.15) is 57.8 Å². The van der Waals surface area contributed by atoms with E-state index in [0.29, 0.717) is 26.1 Å². The minimum absolute atomic E-state index is 0.0590. The Bertz CT molecular complexity index is 811. The predicted molar refractivity (Wildman–Crippen MR) is 138 cm³/mol. The van der Waals surface area contributed by atoms with Gasteiger partial charge in [-0.25, -0.2) is 9.18 Å². The fourth-order valence-corrected chi connectivity index (χ4v) is 7.64. The summed E-state index contributed by atoms with van der Waals surface area (Å²) < 4.78 is 19.9. The van der Waals surface area contributed by atoms with Gasteiger partial charge in [-0.15, -0.1) is 0 Å². The molecule has 0 aromatic carbocycles. The third-order valence-electron chi connectivity index (χ3n) is 9.70. The van der Waals surface area contributed by atoms with Crippen molar-refractivity contribution in [3.05, 3.63) is 0 Å². The number of alkyl halides is 1. The number of nitrogens with zero attached hydrogens (tertiary/aromatic N) is 2. The van der Waals surface area contributed by atoms with Gasteiger partial charge in [0.15, 0.2) is 0 Å². The number of nitrogens with one attached hydrogen (secondary N) is 3. The highest BCUT2D eigenvalue weighted by molar-refractivity contribution is 5.80. The highest BCUT2D eigenvalue weighted by Gasteiger charge is 2.44. The molecule has 37 heavy (non-hydrogen) atoms. The molecule has 0 radical (unpaired) electrons. The maximum absolute atomic E-state index is 14.7. The second kappa shape index (κ2) is 11.7. The van der Waals surface area contributed by atoms with E-state index in [9.17, 15) is 14.0 Å². The summed E-state index contributed by atoms with van der Waals surface area (Å²) in [5, 5.41) is 10.1. The molecule has 10 nitrogen and oxygen atoms in total. The average molecular weight is 524 g/mol. The molecule has 6 atom stereocenters. The maximum Gasteiger partial charge on any atom is 0.410 e. The Morgan fingerprint density at radius 1 is 1.14 bits per heavy atom. The van der Waals surface area contributed by atoms with Crippen LogP contribution in [0.5, 0.6) is 0 Å². The van der Waals surface area contributed by atoms with Crippen molar-refractivity contribution in [3.63, 3.8) is 0 Å². The van der Waals surface area contributed by atoms with Crippen molar-refractivity contribution in [1.82, 2.24) is 25.8 Å². The van der Waals surface area contributed by atoms with Crippen LogP contribution in [0, 0.1) is 11.3 Å². The monoisotopic (exact) mass is 523 g/mol. The number of piperazine rings is 1. The number of hydrogen-bond donors (Lipinski definition) is 5. The molecule has 4 aliphatic heterocycles. The van der Waals surface area contributed by atoms with E-state index in [1.165, 1.54) is 6.42 Å². The number of halogens is 1. The van der Waals surface area contributed by atoms with Crippen molar-refractivity contribution >= 4 is 12.0 Å². The van der Waals surface area contributed by atoms with Gasteiger partial charge in [-0.2, -0.15) is 0 Å². The topological polar surface area (TPSA) is 138 Å². The lowest BCUT2D eigenvalue weighted by Gasteiger charge is -2.46. The molecule has 5 fully saturated rings. The quantitative estimate of drug-likeness (QED) is 0.324. The molecular formula is C26H46FN7O3. The van der Waals surface area contributed by atoms with Crippen LogP contribution in [0.4, 0.5) is 9.18 Å². The number of cyclic esters (lactones) is 1. The molecule has 210 valence electrons. The number of ether oxygens (including phenoxy) is 1. The largest absolute Gasteiger partial charge is 0.447 e. The molecule has 0 bridgehead atoms. The first-order chi connectivity index (χ1) is 17.8. The van der Waals surface area contributed by atoms with Crippen molar-refractivity contribution in [2.75, 3.05) is 45.9 Å².